The van der Waals surface area contributed by atoms with E-state index in [1.807, 2.05) is 0 Å². The topological polar surface area (TPSA) is 121 Å². The molecule has 4 unspecified atom stereocenters. The summed E-state index contributed by atoms with van der Waals surface area (Å²) in [7, 11) is 0. The molecular formula is C22H12Cl2O8. The summed E-state index contributed by atoms with van der Waals surface area (Å²) in [4.78, 5) is 75.3. The highest BCUT2D eigenvalue weighted by atomic mass is 35.5. The van der Waals surface area contributed by atoms with Crippen LogP contribution in [0.2, 0.25) is 10.0 Å². The van der Waals surface area contributed by atoms with Gasteiger partial charge in [0.15, 0.2) is 23.8 Å². The summed E-state index contributed by atoms with van der Waals surface area (Å²) in [6.45, 7) is 0. The average Bonchev–Trinajstić information content (AvgIpc) is 3.23. The minimum absolute atomic E-state index is 0.0200. The lowest BCUT2D eigenvalue weighted by molar-refractivity contribution is -0.157. The first-order chi connectivity index (χ1) is 15.2. The third-order valence-corrected chi connectivity index (χ3v) is 5.94. The lowest BCUT2D eigenvalue weighted by Gasteiger charge is -2.24. The molecule has 2 aromatic carbocycles. The van der Waals surface area contributed by atoms with Crippen LogP contribution >= 0.6 is 23.2 Å². The van der Waals surface area contributed by atoms with Gasteiger partial charge in [-0.2, -0.15) is 0 Å². The van der Waals surface area contributed by atoms with Crippen molar-refractivity contribution < 1.29 is 38.2 Å². The number of ketones is 4. The van der Waals surface area contributed by atoms with Crippen molar-refractivity contribution in [2.24, 2.45) is 11.8 Å². The molecule has 2 aliphatic rings. The number of hydrogen-bond acceptors (Lipinski definition) is 8. The molecule has 0 N–H and O–H groups in total. The SMILES string of the molecule is O=C1OC(C2OC(=O)C(=O)C2C(=O)c2ccccc2Cl)C(C(=O)c2ccccc2Cl)C1=O. The number of esters is 2. The molecule has 2 aliphatic heterocycles. The number of ether oxygens (including phenoxy) is 2. The van der Waals surface area contributed by atoms with Crippen LogP contribution in [0.4, 0.5) is 0 Å². The fourth-order valence-electron chi connectivity index (χ4n) is 3.76. The highest BCUT2D eigenvalue weighted by molar-refractivity contribution is 6.45. The van der Waals surface area contributed by atoms with Crippen LogP contribution in [0.1, 0.15) is 20.7 Å². The second kappa shape index (κ2) is 8.29. The molecule has 0 aromatic heterocycles. The lowest BCUT2D eigenvalue weighted by atomic mass is 9.81. The van der Waals surface area contributed by atoms with Gasteiger partial charge in [0, 0.05) is 11.1 Å². The van der Waals surface area contributed by atoms with Gasteiger partial charge >= 0.3 is 11.9 Å². The molecule has 0 spiro atoms. The lowest BCUT2D eigenvalue weighted by Crippen LogP contribution is -2.44. The van der Waals surface area contributed by atoms with Crippen molar-refractivity contribution in [3.63, 3.8) is 0 Å². The Hall–Kier alpha value is -3.36. The van der Waals surface area contributed by atoms with Crippen molar-refractivity contribution in [2.45, 2.75) is 12.2 Å². The smallest absolute Gasteiger partial charge is 0.376 e. The summed E-state index contributed by atoms with van der Waals surface area (Å²) in [6.07, 6.45) is -3.38. The maximum absolute atomic E-state index is 13.1. The van der Waals surface area contributed by atoms with E-state index in [4.69, 9.17) is 32.7 Å². The van der Waals surface area contributed by atoms with Crippen molar-refractivity contribution in [3.8, 4) is 0 Å². The molecule has 4 atom stereocenters. The summed E-state index contributed by atoms with van der Waals surface area (Å²) in [5, 5.41) is 0.0400. The monoisotopic (exact) mass is 474 g/mol. The van der Waals surface area contributed by atoms with E-state index >= 15 is 0 Å². The van der Waals surface area contributed by atoms with E-state index in [9.17, 15) is 28.8 Å². The molecule has 0 aliphatic carbocycles. The average molecular weight is 475 g/mol. The first kappa shape index (κ1) is 21.9. The van der Waals surface area contributed by atoms with Gasteiger partial charge in [-0.05, 0) is 24.3 Å². The number of hydrogen-bond donors (Lipinski definition) is 0. The highest BCUT2D eigenvalue weighted by Crippen LogP contribution is 2.36. The van der Waals surface area contributed by atoms with Crippen molar-refractivity contribution in [2.75, 3.05) is 0 Å². The Morgan fingerprint density at radius 2 is 0.969 bits per heavy atom. The Labute approximate surface area is 190 Å². The van der Waals surface area contributed by atoms with Crippen LogP contribution in [0.5, 0.6) is 0 Å². The molecular weight excluding hydrogens is 463 g/mol. The Kier molecular flexibility index (Phi) is 5.66. The predicted octanol–water partition coefficient (Wildman–Crippen LogP) is 2.28. The molecule has 32 heavy (non-hydrogen) atoms. The van der Waals surface area contributed by atoms with E-state index in [1.54, 1.807) is 12.1 Å². The number of halogens is 2. The number of cyclic esters (lactones) is 2. The zero-order valence-electron chi connectivity index (χ0n) is 16.0. The van der Waals surface area contributed by atoms with Crippen molar-refractivity contribution in [1.29, 1.82) is 0 Å². The third-order valence-electron chi connectivity index (χ3n) is 5.28. The van der Waals surface area contributed by atoms with Crippen LogP contribution in [-0.4, -0.2) is 47.3 Å². The molecule has 0 bridgehead atoms. The van der Waals surface area contributed by atoms with Crippen molar-refractivity contribution >= 4 is 58.3 Å². The number of Topliss-reactive ketones (excluding diaryl/α,β-unsaturated/α-hetero) is 4. The minimum Gasteiger partial charge on any atom is -0.451 e. The molecule has 2 saturated heterocycles. The molecule has 0 saturated carbocycles. The molecule has 2 aromatic rings. The van der Waals surface area contributed by atoms with Gasteiger partial charge in [0.25, 0.3) is 11.6 Å². The minimum atomic E-state index is -1.76. The zero-order valence-corrected chi connectivity index (χ0v) is 17.5. The third kappa shape index (κ3) is 3.51. The fraction of sp³-hybridized carbons (Fsp3) is 0.182. The molecule has 0 amide bonds. The molecule has 2 heterocycles. The molecule has 162 valence electrons. The second-order valence-electron chi connectivity index (χ2n) is 7.11. The first-order valence-corrected chi connectivity index (χ1v) is 10.0. The van der Waals surface area contributed by atoms with Crippen LogP contribution in [0, 0.1) is 11.8 Å². The van der Waals surface area contributed by atoms with E-state index in [-0.39, 0.29) is 21.2 Å². The van der Waals surface area contributed by atoms with Gasteiger partial charge in [-0.3, -0.25) is 19.2 Å². The van der Waals surface area contributed by atoms with Gasteiger partial charge in [0.1, 0.15) is 11.8 Å². The van der Waals surface area contributed by atoms with Gasteiger partial charge in [0.2, 0.25) is 0 Å². The summed E-state index contributed by atoms with van der Waals surface area (Å²) in [5.74, 6) is -10.3. The van der Waals surface area contributed by atoms with Gasteiger partial charge in [-0.1, -0.05) is 47.5 Å². The number of benzene rings is 2. The standard InChI is InChI=1S/C22H12Cl2O8/c23-11-7-3-1-5-9(11)15(25)13-17(27)21(29)31-19(13)20-14(18(28)22(30)32-20)16(26)10-6-2-4-8-12(10)24/h1-8,13-14,19-20H. The molecule has 8 nitrogen and oxygen atoms in total. The maximum atomic E-state index is 13.1. The number of rotatable bonds is 5. The Bertz CT molecular complexity index is 1110. The van der Waals surface area contributed by atoms with Gasteiger partial charge in [-0.25, -0.2) is 9.59 Å². The Balaban J connectivity index is 1.75. The largest absolute Gasteiger partial charge is 0.451 e. The van der Waals surface area contributed by atoms with E-state index in [0.717, 1.165) is 0 Å². The summed E-state index contributed by atoms with van der Waals surface area (Å²) in [6, 6.07) is 11.6. The summed E-state index contributed by atoms with van der Waals surface area (Å²) in [5.41, 5.74) is -0.138. The van der Waals surface area contributed by atoms with Crippen LogP contribution in [0.3, 0.4) is 0 Å². The van der Waals surface area contributed by atoms with Gasteiger partial charge in [-0.15, -0.1) is 0 Å². The van der Waals surface area contributed by atoms with E-state index in [1.165, 1.54) is 36.4 Å². The van der Waals surface area contributed by atoms with E-state index in [2.05, 4.69) is 0 Å². The highest BCUT2D eigenvalue weighted by Gasteiger charge is 2.60. The summed E-state index contributed by atoms with van der Waals surface area (Å²) >= 11 is 12.1. The normalized spacial score (nSPS) is 24.9. The van der Waals surface area contributed by atoms with Crippen LogP contribution in [0.15, 0.2) is 48.5 Å². The second-order valence-corrected chi connectivity index (χ2v) is 7.93. The number of carbonyl (C=O) groups is 6. The molecule has 10 heteroatoms. The first-order valence-electron chi connectivity index (χ1n) is 9.29. The van der Waals surface area contributed by atoms with Gasteiger partial charge < -0.3 is 9.47 Å². The quantitative estimate of drug-likeness (QED) is 0.280. The van der Waals surface area contributed by atoms with E-state index in [0.29, 0.717) is 0 Å². The van der Waals surface area contributed by atoms with Crippen LogP contribution < -0.4 is 0 Å². The Morgan fingerprint density at radius 1 is 0.625 bits per heavy atom. The van der Waals surface area contributed by atoms with Crippen molar-refractivity contribution in [1.82, 2.24) is 0 Å². The predicted molar refractivity (Wildman–Crippen MR) is 108 cm³/mol. The Morgan fingerprint density at radius 3 is 1.31 bits per heavy atom. The number of carbonyl (C=O) groups excluding carboxylic acids is 6. The van der Waals surface area contributed by atoms with E-state index < -0.39 is 59.1 Å². The zero-order chi connectivity index (χ0) is 23.2. The van der Waals surface area contributed by atoms with Crippen LogP contribution in [0.25, 0.3) is 0 Å². The molecule has 2 fully saturated rings. The van der Waals surface area contributed by atoms with Gasteiger partial charge in [0.05, 0.1) is 10.0 Å². The maximum Gasteiger partial charge on any atom is 0.376 e. The summed E-state index contributed by atoms with van der Waals surface area (Å²) < 4.78 is 10.1. The molecule has 0 radical (unpaired) electrons. The fourth-order valence-corrected chi connectivity index (χ4v) is 4.22. The molecule has 4 rings (SSSR count). The van der Waals surface area contributed by atoms with Crippen LogP contribution in [-0.2, 0) is 28.7 Å². The van der Waals surface area contributed by atoms with Crippen molar-refractivity contribution in [3.05, 3.63) is 69.7 Å².